The normalized spacial score (nSPS) is 21.9. The highest BCUT2D eigenvalue weighted by atomic mass is 79.9. The molecule has 1 saturated heterocycles. The van der Waals surface area contributed by atoms with Crippen LogP contribution in [0.1, 0.15) is 51.4 Å². The molecule has 6 heteroatoms. The van der Waals surface area contributed by atoms with Crippen LogP contribution in [0.2, 0.25) is 0 Å². The Labute approximate surface area is 126 Å². The van der Waals surface area contributed by atoms with Crippen molar-refractivity contribution in [2.75, 3.05) is 13.1 Å². The minimum Gasteiger partial charge on any atom is -0.279 e. The Kier molecular flexibility index (Phi) is 7.90. The van der Waals surface area contributed by atoms with E-state index in [1.54, 1.807) is 7.85 Å². The fraction of sp³-hybridized carbons (Fsp3) is 0.833. The molecule has 0 saturated carbocycles. The zero-order valence-electron chi connectivity index (χ0n) is 10.5. The van der Waals surface area contributed by atoms with Crippen molar-refractivity contribution in [2.45, 2.75) is 51.4 Å². The molecule has 1 aliphatic heterocycles. The molecule has 0 spiro atoms. The van der Waals surface area contributed by atoms with Crippen LogP contribution < -0.4 is 0 Å². The number of carbonyl (C=O) groups excluding carboxylic acids is 2. The molecule has 0 N–H and O–H groups in total. The van der Waals surface area contributed by atoms with Crippen molar-refractivity contribution in [1.29, 1.82) is 0 Å². The standard InChI is InChI=1S/C12H20Br2N2O2/c13-15-9-5-1-3-7-11(17)16(14)10-6-2-4-8-12(15)18/h1-10H2. The predicted octanol–water partition coefficient (Wildman–Crippen LogP) is 3.40. The fourth-order valence-corrected chi connectivity index (χ4v) is 2.76. The second kappa shape index (κ2) is 8.91. The van der Waals surface area contributed by atoms with Crippen molar-refractivity contribution in [2.24, 2.45) is 0 Å². The molecule has 1 heterocycles. The zero-order valence-corrected chi connectivity index (χ0v) is 13.7. The Morgan fingerprint density at radius 1 is 0.667 bits per heavy atom. The molecular weight excluding hydrogens is 364 g/mol. The van der Waals surface area contributed by atoms with Crippen LogP contribution in [0.15, 0.2) is 0 Å². The van der Waals surface area contributed by atoms with E-state index in [9.17, 15) is 9.59 Å². The van der Waals surface area contributed by atoms with E-state index in [1.807, 2.05) is 0 Å². The number of hydrogen-bond donors (Lipinski definition) is 0. The second-order valence-electron chi connectivity index (χ2n) is 4.58. The molecule has 4 nitrogen and oxygen atoms in total. The highest BCUT2D eigenvalue weighted by Crippen LogP contribution is 2.14. The molecule has 18 heavy (non-hydrogen) atoms. The summed E-state index contributed by atoms with van der Waals surface area (Å²) in [5, 5.41) is 0. The topological polar surface area (TPSA) is 40.6 Å². The van der Waals surface area contributed by atoms with Gasteiger partial charge in [0.15, 0.2) is 0 Å². The minimum absolute atomic E-state index is 0.166. The third kappa shape index (κ3) is 6.18. The van der Waals surface area contributed by atoms with Gasteiger partial charge in [-0.3, -0.25) is 17.4 Å². The fourth-order valence-electron chi connectivity index (χ4n) is 1.90. The Morgan fingerprint density at radius 3 is 1.44 bits per heavy atom. The summed E-state index contributed by atoms with van der Waals surface area (Å²) < 4.78 is 3.27. The lowest BCUT2D eigenvalue weighted by molar-refractivity contribution is -0.127. The molecule has 0 radical (unpaired) electrons. The van der Waals surface area contributed by atoms with E-state index in [0.29, 0.717) is 12.8 Å². The number of halogens is 2. The molecule has 104 valence electrons. The molecule has 1 fully saturated rings. The van der Waals surface area contributed by atoms with Crippen LogP contribution in [0, 0.1) is 0 Å². The van der Waals surface area contributed by atoms with E-state index in [1.165, 1.54) is 0 Å². The third-order valence-electron chi connectivity index (χ3n) is 3.03. The average Bonchev–Trinajstić information content (AvgIpc) is 2.35. The predicted molar refractivity (Wildman–Crippen MR) is 78.2 cm³/mol. The summed E-state index contributed by atoms with van der Waals surface area (Å²) in [5.41, 5.74) is 0. The van der Waals surface area contributed by atoms with E-state index in [0.717, 1.165) is 51.6 Å². The van der Waals surface area contributed by atoms with Crippen molar-refractivity contribution >= 4 is 44.1 Å². The van der Waals surface area contributed by atoms with Crippen LogP contribution in [0.25, 0.3) is 0 Å². The quantitative estimate of drug-likeness (QED) is 0.601. The maximum absolute atomic E-state index is 11.7. The van der Waals surface area contributed by atoms with Gasteiger partial charge in [0, 0.05) is 25.9 Å². The molecule has 0 aromatic rings. The van der Waals surface area contributed by atoms with Crippen LogP contribution in [0.3, 0.4) is 0 Å². The van der Waals surface area contributed by atoms with Gasteiger partial charge < -0.3 is 0 Å². The summed E-state index contributed by atoms with van der Waals surface area (Å²) in [5.74, 6) is 0.331. The molecule has 0 aromatic carbocycles. The van der Waals surface area contributed by atoms with Crippen molar-refractivity contribution < 1.29 is 9.59 Å². The third-order valence-corrected chi connectivity index (χ3v) is 4.53. The molecule has 0 unspecified atom stereocenters. The highest BCUT2D eigenvalue weighted by Gasteiger charge is 2.13. The van der Waals surface area contributed by atoms with Crippen molar-refractivity contribution in [3.63, 3.8) is 0 Å². The average molecular weight is 384 g/mol. The van der Waals surface area contributed by atoms with Gasteiger partial charge in [-0.2, -0.15) is 0 Å². The second-order valence-corrected chi connectivity index (χ2v) is 6.29. The Morgan fingerprint density at radius 2 is 1.06 bits per heavy atom. The SMILES string of the molecule is O=C1CCCCCN(Br)C(=O)CCCCCN1Br. The smallest absolute Gasteiger partial charge is 0.232 e. The van der Waals surface area contributed by atoms with Gasteiger partial charge in [0.2, 0.25) is 11.8 Å². The first-order chi connectivity index (χ1) is 8.61. The van der Waals surface area contributed by atoms with Crippen LogP contribution in [0.5, 0.6) is 0 Å². The van der Waals surface area contributed by atoms with Gasteiger partial charge in [0.05, 0.1) is 32.3 Å². The first-order valence-corrected chi connectivity index (χ1v) is 7.95. The largest absolute Gasteiger partial charge is 0.279 e. The van der Waals surface area contributed by atoms with Crippen molar-refractivity contribution in [3.05, 3.63) is 0 Å². The first-order valence-electron chi connectivity index (χ1n) is 6.53. The van der Waals surface area contributed by atoms with Gasteiger partial charge in [-0.25, -0.2) is 0 Å². The van der Waals surface area contributed by atoms with Crippen LogP contribution in [0.4, 0.5) is 0 Å². The molecular formula is C12H20Br2N2O2. The van der Waals surface area contributed by atoms with Gasteiger partial charge in [-0.15, -0.1) is 0 Å². The number of carbonyl (C=O) groups is 2. The van der Waals surface area contributed by atoms with Gasteiger partial charge in [0.1, 0.15) is 0 Å². The molecule has 1 aliphatic rings. The lowest BCUT2D eigenvalue weighted by Crippen LogP contribution is -2.24. The van der Waals surface area contributed by atoms with E-state index in [4.69, 9.17) is 0 Å². The number of amides is 2. The molecule has 0 aliphatic carbocycles. The molecule has 0 aromatic heterocycles. The van der Waals surface area contributed by atoms with Gasteiger partial charge in [-0.1, -0.05) is 12.8 Å². The lowest BCUT2D eigenvalue weighted by atomic mass is 10.1. The van der Waals surface area contributed by atoms with Gasteiger partial charge in [-0.05, 0) is 25.7 Å². The highest BCUT2D eigenvalue weighted by molar-refractivity contribution is 9.08. The molecule has 0 atom stereocenters. The number of nitrogens with zero attached hydrogens (tertiary/aromatic N) is 2. The van der Waals surface area contributed by atoms with Crippen molar-refractivity contribution in [3.8, 4) is 0 Å². The van der Waals surface area contributed by atoms with Crippen molar-refractivity contribution in [1.82, 2.24) is 7.85 Å². The van der Waals surface area contributed by atoms with E-state index in [2.05, 4.69) is 32.3 Å². The summed E-state index contributed by atoms with van der Waals surface area (Å²) in [6.45, 7) is 1.45. The Bertz CT molecular complexity index is 259. The summed E-state index contributed by atoms with van der Waals surface area (Å²) in [4.78, 5) is 23.4. The monoisotopic (exact) mass is 382 g/mol. The van der Waals surface area contributed by atoms with Gasteiger partial charge in [0.25, 0.3) is 0 Å². The van der Waals surface area contributed by atoms with E-state index < -0.39 is 0 Å². The maximum Gasteiger partial charge on any atom is 0.232 e. The minimum atomic E-state index is 0.166. The Balaban J connectivity index is 2.41. The summed E-state index contributed by atoms with van der Waals surface area (Å²) >= 11 is 6.60. The number of hydrogen-bond acceptors (Lipinski definition) is 2. The summed E-state index contributed by atoms with van der Waals surface area (Å²) in [6.07, 6.45) is 6.76. The zero-order chi connectivity index (χ0) is 13.4. The number of rotatable bonds is 0. The van der Waals surface area contributed by atoms with E-state index in [-0.39, 0.29) is 11.8 Å². The molecule has 2 amide bonds. The van der Waals surface area contributed by atoms with E-state index >= 15 is 0 Å². The molecule has 1 rings (SSSR count). The van der Waals surface area contributed by atoms with Gasteiger partial charge >= 0.3 is 0 Å². The molecule has 0 bridgehead atoms. The van der Waals surface area contributed by atoms with Crippen LogP contribution in [-0.4, -0.2) is 32.8 Å². The van der Waals surface area contributed by atoms with Crippen LogP contribution >= 0.6 is 32.3 Å². The first kappa shape index (κ1) is 16.0. The summed E-state index contributed by atoms with van der Waals surface area (Å²) in [7, 11) is 0. The lowest BCUT2D eigenvalue weighted by Gasteiger charge is -2.17. The Hall–Kier alpha value is -0.100. The van der Waals surface area contributed by atoms with Crippen LogP contribution in [-0.2, 0) is 9.59 Å². The summed E-state index contributed by atoms with van der Waals surface area (Å²) in [6, 6.07) is 0. The maximum atomic E-state index is 11.7.